The molecule has 0 aromatic carbocycles. The van der Waals surface area contributed by atoms with Gasteiger partial charge in [0.1, 0.15) is 5.82 Å². The minimum Gasteiger partial charge on any atom is -0.305 e. The lowest BCUT2D eigenvalue weighted by Crippen LogP contribution is -2.76. The molecule has 0 radical (unpaired) electrons. The molecule has 0 bridgehead atoms. The number of alkyl halides is 19. The fourth-order valence-corrected chi connectivity index (χ4v) is 2.36. The molecule has 38 heavy (non-hydrogen) atoms. The predicted molar refractivity (Wildman–Crippen MR) is 88.0 cm³/mol. The topological polar surface area (TPSA) is 42.0 Å². The molecule has 1 N–H and O–H groups in total. The zero-order valence-electron chi connectivity index (χ0n) is 17.3. The van der Waals surface area contributed by atoms with E-state index in [-0.39, 0.29) is 5.56 Å². The van der Waals surface area contributed by atoms with Gasteiger partial charge >= 0.3 is 58.7 Å². The van der Waals surface area contributed by atoms with E-state index in [9.17, 15) is 83.8 Å². The van der Waals surface area contributed by atoms with Gasteiger partial charge in [-0.2, -0.15) is 79.0 Å². The first-order valence-corrected chi connectivity index (χ1v) is 9.10. The van der Waals surface area contributed by atoms with Gasteiger partial charge in [0.2, 0.25) is 0 Å². The molecule has 0 aliphatic rings. The van der Waals surface area contributed by atoms with Gasteiger partial charge in [-0.3, -0.25) is 4.79 Å². The van der Waals surface area contributed by atoms with E-state index in [2.05, 4.69) is 16.6 Å². The summed E-state index contributed by atoms with van der Waals surface area (Å²) >= 11 is 3.37. The molecule has 0 aliphatic carbocycles. The number of rotatable bonds is 10. The summed E-state index contributed by atoms with van der Waals surface area (Å²) in [6, 6.07) is 1.43. The number of hydrogen-bond donors (Lipinski definition) is 1. The molecule has 0 aliphatic heterocycles. The Morgan fingerprint density at radius 2 is 0.974 bits per heavy atom. The number of carbonyl (C=O) groups is 1. The van der Waals surface area contributed by atoms with Crippen molar-refractivity contribution in [2.75, 3.05) is 5.32 Å². The maximum atomic E-state index is 13.8. The summed E-state index contributed by atoms with van der Waals surface area (Å²) in [5, 5.41) is -6.32. The molecule has 0 spiro atoms. The van der Waals surface area contributed by atoms with Gasteiger partial charge in [-0.25, -0.2) is 4.98 Å². The van der Waals surface area contributed by atoms with Gasteiger partial charge in [-0.1, -0.05) is 6.07 Å². The van der Waals surface area contributed by atoms with Gasteiger partial charge in [-0.05, 0) is 30.2 Å². The Morgan fingerprint density at radius 3 is 1.29 bits per heavy atom. The van der Waals surface area contributed by atoms with Crippen molar-refractivity contribution in [2.45, 2.75) is 59.7 Å². The number of carbonyl (C=O) groups excluding carboxylic acids is 1. The molecule has 1 heterocycles. The minimum absolute atomic E-state index is 0.198. The van der Waals surface area contributed by atoms with Crippen LogP contribution in [-0.2, 0) is 4.79 Å². The Morgan fingerprint density at radius 1 is 0.632 bits per heavy atom. The van der Waals surface area contributed by atoms with Crippen molar-refractivity contribution in [1.82, 2.24) is 4.98 Å². The summed E-state index contributed by atoms with van der Waals surface area (Å²) < 4.78 is 242. The monoisotopic (exact) mass is 620 g/mol. The van der Waals surface area contributed by atoms with E-state index in [0.717, 1.165) is 12.3 Å². The number of hydrogen-bond acceptors (Lipinski definition) is 2. The minimum atomic E-state index is -8.94. The van der Waals surface area contributed by atoms with Crippen LogP contribution in [0.15, 0.2) is 18.3 Å². The van der Waals surface area contributed by atoms with Crippen LogP contribution in [0.25, 0.3) is 0 Å². The zero-order valence-corrected chi connectivity index (χ0v) is 18.0. The van der Waals surface area contributed by atoms with Gasteiger partial charge in [0.15, 0.2) is 0 Å². The fraction of sp³-hybridized carbons (Fsp3) is 0.625. The molecule has 22 heteroatoms. The predicted octanol–water partition coefficient (Wildman–Crippen LogP) is 7.24. The van der Waals surface area contributed by atoms with Crippen LogP contribution in [0.4, 0.5) is 84.8 Å². The van der Waals surface area contributed by atoms with Crippen molar-refractivity contribution in [3.8, 4) is 0 Å². The molecule has 0 unspecified atom stereocenters. The van der Waals surface area contributed by atoms with Crippen molar-refractivity contribution in [3.05, 3.63) is 23.9 Å². The first kappa shape index (κ1) is 33.7. The summed E-state index contributed by atoms with van der Waals surface area (Å²) in [6.45, 7) is 1.27. The van der Waals surface area contributed by atoms with E-state index in [0.29, 0.717) is 11.4 Å². The first-order valence-electron chi connectivity index (χ1n) is 8.73. The summed E-state index contributed by atoms with van der Waals surface area (Å²) in [7, 11) is 0. The molecule has 3 nitrogen and oxygen atoms in total. The van der Waals surface area contributed by atoms with Crippen LogP contribution in [0.2, 0.25) is 0 Å². The third-order valence-electron chi connectivity index (χ3n) is 4.55. The molecule has 1 rings (SSSR count). The van der Waals surface area contributed by atoms with Crippen molar-refractivity contribution in [3.63, 3.8) is 0 Å². The van der Waals surface area contributed by atoms with E-state index >= 15 is 0 Å². The third kappa shape index (κ3) is 4.46. The molecular weight excluding hydrogens is 614 g/mol. The Hall–Kier alpha value is -2.35. The lowest BCUT2D eigenvalue weighted by Gasteiger charge is -2.43. The van der Waals surface area contributed by atoms with Crippen LogP contribution in [0, 0.1) is 6.92 Å². The Labute approximate surface area is 202 Å². The largest absolute Gasteiger partial charge is 0.393 e. The quantitative estimate of drug-likeness (QED) is 0.221. The number of pyridine rings is 1. The Bertz CT molecular complexity index is 1030. The van der Waals surface area contributed by atoms with Gasteiger partial charge in [0, 0.05) is 6.20 Å². The van der Waals surface area contributed by atoms with E-state index < -0.39 is 64.5 Å². The molecule has 0 atom stereocenters. The maximum absolute atomic E-state index is 13.8. The van der Waals surface area contributed by atoms with E-state index in [1.54, 1.807) is 0 Å². The second-order valence-electron chi connectivity index (χ2n) is 7.27. The highest BCUT2D eigenvalue weighted by molar-refractivity contribution is 6.22. The van der Waals surface area contributed by atoms with Crippen molar-refractivity contribution < 1.29 is 83.8 Å². The molecule has 220 valence electrons. The second kappa shape index (κ2) is 9.10. The molecule has 0 saturated heterocycles. The number of halogens is 19. The summed E-state index contributed by atoms with van der Waals surface area (Å²) in [5.41, 5.74) is 0.198. The number of amides is 1. The van der Waals surface area contributed by atoms with Crippen LogP contribution in [0.3, 0.4) is 0 Å². The Balaban J connectivity index is 3.64. The smallest absolute Gasteiger partial charge is 0.305 e. The number of nitrogens with one attached hydrogen (secondary N) is 1. The van der Waals surface area contributed by atoms with Crippen LogP contribution >= 0.6 is 11.6 Å². The Kier molecular flexibility index (Phi) is 8.07. The van der Waals surface area contributed by atoms with Gasteiger partial charge in [-0.15, -0.1) is 0 Å². The van der Waals surface area contributed by atoms with E-state index in [1.807, 2.05) is 0 Å². The highest BCUT2D eigenvalue weighted by atomic mass is 35.5. The molecule has 1 aromatic heterocycles. The van der Waals surface area contributed by atoms with E-state index in [4.69, 9.17) is 0 Å². The van der Waals surface area contributed by atoms with Gasteiger partial charge in [0.05, 0.1) is 0 Å². The standard InChI is InChI=1S/C16H7ClF18N2O/c1-5-2-3-6(36-4-5)37-7(38)8(18,19)9(20,21)10(22,23)11(24,25)12(26,27)13(28,29)14(30,31)15(32,33)16(17,34)35/h2-4H,1H3,(H,36,37,38). The van der Waals surface area contributed by atoms with Crippen LogP contribution < -0.4 is 5.32 Å². The highest BCUT2D eigenvalue weighted by Crippen LogP contribution is 2.65. The summed E-state index contributed by atoms with van der Waals surface area (Å²) in [4.78, 5) is 14.4. The average Bonchev–Trinajstić information content (AvgIpc) is 2.73. The molecule has 1 aromatic rings. The third-order valence-corrected chi connectivity index (χ3v) is 4.79. The number of aromatic nitrogens is 1. The average molecular weight is 621 g/mol. The second-order valence-corrected chi connectivity index (χ2v) is 7.74. The molecule has 0 fully saturated rings. The molecular formula is C16H7ClF18N2O. The van der Waals surface area contributed by atoms with Crippen LogP contribution in [0.1, 0.15) is 5.56 Å². The molecule has 1 amide bonds. The first-order chi connectivity index (χ1) is 16.4. The molecule has 0 saturated carbocycles. The zero-order chi connectivity index (χ0) is 30.8. The van der Waals surface area contributed by atoms with Crippen LogP contribution in [0.5, 0.6) is 0 Å². The highest BCUT2D eigenvalue weighted by Gasteiger charge is 2.96. The normalized spacial score (nSPS) is 15.5. The van der Waals surface area contributed by atoms with E-state index in [1.165, 1.54) is 6.92 Å². The lowest BCUT2D eigenvalue weighted by atomic mass is 9.87. The number of aryl methyl sites for hydroxylation is 1. The van der Waals surface area contributed by atoms with Crippen LogP contribution in [-0.4, -0.2) is 63.7 Å². The van der Waals surface area contributed by atoms with Crippen molar-refractivity contribution in [2.24, 2.45) is 0 Å². The maximum Gasteiger partial charge on any atom is 0.393 e. The van der Waals surface area contributed by atoms with Crippen molar-refractivity contribution in [1.29, 1.82) is 0 Å². The van der Waals surface area contributed by atoms with Crippen molar-refractivity contribution >= 4 is 23.3 Å². The lowest BCUT2D eigenvalue weighted by molar-refractivity contribution is -0.456. The SMILES string of the molecule is Cc1ccc(NC(=O)C(F)(F)C(F)(F)C(F)(F)C(F)(F)C(F)(F)C(F)(F)C(F)(F)C(F)(F)C(F)(F)Cl)nc1. The fourth-order valence-electron chi connectivity index (χ4n) is 2.24. The number of nitrogens with zero attached hydrogens (tertiary/aromatic N) is 1. The number of anilines is 1. The van der Waals surface area contributed by atoms with Gasteiger partial charge in [0.25, 0.3) is 0 Å². The van der Waals surface area contributed by atoms with Gasteiger partial charge < -0.3 is 5.32 Å². The summed E-state index contributed by atoms with van der Waals surface area (Å²) in [5.74, 6) is -72.1. The summed E-state index contributed by atoms with van der Waals surface area (Å²) in [6.07, 6.45) is 0.720.